The highest BCUT2D eigenvalue weighted by Crippen LogP contribution is 2.17. The zero-order chi connectivity index (χ0) is 17.3. The molecule has 2 aliphatic rings. The van der Waals surface area contributed by atoms with E-state index in [2.05, 4.69) is 17.2 Å². The van der Waals surface area contributed by atoms with Gasteiger partial charge in [-0.25, -0.2) is 4.79 Å². The molecule has 0 unspecified atom stereocenters. The third-order valence-electron chi connectivity index (χ3n) is 4.61. The lowest BCUT2D eigenvalue weighted by molar-refractivity contribution is -0.0381. The normalized spacial score (nSPS) is 20.8. The predicted octanol–water partition coefficient (Wildman–Crippen LogP) is 2.41. The Bertz CT molecular complexity index is 594. The summed E-state index contributed by atoms with van der Waals surface area (Å²) in [6.07, 6.45) is 4.52. The largest absolute Gasteiger partial charge is 0.376 e. The van der Waals surface area contributed by atoms with Gasteiger partial charge in [0.25, 0.3) is 0 Å². The van der Waals surface area contributed by atoms with Gasteiger partial charge in [0, 0.05) is 25.3 Å². The predicted molar refractivity (Wildman–Crippen MR) is 96.2 cm³/mol. The van der Waals surface area contributed by atoms with Gasteiger partial charge in [-0.15, -0.1) is 0 Å². The molecule has 1 N–H and O–H groups in total. The van der Waals surface area contributed by atoms with E-state index in [1.165, 1.54) is 0 Å². The average Bonchev–Trinajstić information content (AvgIpc) is 3.18. The summed E-state index contributed by atoms with van der Waals surface area (Å²) in [7, 11) is 0. The monoisotopic (exact) mass is 342 g/mol. The van der Waals surface area contributed by atoms with Gasteiger partial charge in [0.2, 0.25) is 0 Å². The molecule has 2 aliphatic heterocycles. The fourth-order valence-corrected chi connectivity index (χ4v) is 3.14. The molecule has 1 aromatic rings. The maximum atomic E-state index is 12.2. The summed E-state index contributed by atoms with van der Waals surface area (Å²) in [4.78, 5) is 14.0. The van der Waals surface area contributed by atoms with E-state index in [4.69, 9.17) is 9.47 Å². The van der Waals surface area contributed by atoms with E-state index in [1.54, 1.807) is 0 Å². The molecule has 0 aromatic heterocycles. The van der Waals surface area contributed by atoms with Crippen LogP contribution >= 0.6 is 0 Å². The Morgan fingerprint density at radius 2 is 2.04 bits per heavy atom. The number of piperidine rings is 1. The fraction of sp³-hybridized carbons (Fsp3) is 0.550. The number of benzene rings is 1. The zero-order valence-electron chi connectivity index (χ0n) is 14.6. The Balaban J connectivity index is 1.32. The highest BCUT2D eigenvalue weighted by atomic mass is 16.5. The van der Waals surface area contributed by atoms with Crippen LogP contribution in [-0.4, -0.2) is 56.0 Å². The molecule has 2 heterocycles. The van der Waals surface area contributed by atoms with Crippen molar-refractivity contribution in [2.75, 3.05) is 32.8 Å². The third-order valence-corrected chi connectivity index (χ3v) is 4.61. The summed E-state index contributed by atoms with van der Waals surface area (Å²) >= 11 is 0. The minimum atomic E-state index is -0.0417. The maximum absolute atomic E-state index is 12.2. The van der Waals surface area contributed by atoms with E-state index in [0.29, 0.717) is 13.2 Å². The molecule has 0 spiro atoms. The number of amides is 2. The van der Waals surface area contributed by atoms with Crippen molar-refractivity contribution < 1.29 is 14.3 Å². The second-order valence-electron chi connectivity index (χ2n) is 6.48. The van der Waals surface area contributed by atoms with Gasteiger partial charge in [-0.05, 0) is 37.8 Å². The Hall–Kier alpha value is -2.03. The molecule has 5 nitrogen and oxygen atoms in total. The number of hydrogen-bond donors (Lipinski definition) is 1. The highest BCUT2D eigenvalue weighted by Gasteiger charge is 2.24. The van der Waals surface area contributed by atoms with Crippen LogP contribution in [-0.2, 0) is 9.47 Å². The Labute approximate surface area is 149 Å². The van der Waals surface area contributed by atoms with Gasteiger partial charge in [0.1, 0.15) is 0 Å². The van der Waals surface area contributed by atoms with Gasteiger partial charge in [-0.2, -0.15) is 0 Å². The molecule has 0 bridgehead atoms. The lowest BCUT2D eigenvalue weighted by Crippen LogP contribution is -2.46. The van der Waals surface area contributed by atoms with Crippen molar-refractivity contribution in [3.05, 3.63) is 35.9 Å². The summed E-state index contributed by atoms with van der Waals surface area (Å²) in [6, 6.07) is 9.73. The SMILES string of the molecule is O=C(NCC#Cc1ccccc1)N1CCC(OC[C@H]2CCCO2)CC1. The fourth-order valence-electron chi connectivity index (χ4n) is 3.14. The van der Waals surface area contributed by atoms with Gasteiger partial charge >= 0.3 is 6.03 Å². The first-order chi connectivity index (χ1) is 12.3. The van der Waals surface area contributed by atoms with Crippen molar-refractivity contribution in [3.8, 4) is 11.8 Å². The number of carbonyl (C=O) groups excluding carboxylic acids is 1. The van der Waals surface area contributed by atoms with Crippen LogP contribution < -0.4 is 5.32 Å². The maximum Gasteiger partial charge on any atom is 0.318 e. The molecular weight excluding hydrogens is 316 g/mol. The van der Waals surface area contributed by atoms with Crippen LogP contribution in [0.2, 0.25) is 0 Å². The molecule has 134 valence electrons. The number of nitrogens with zero attached hydrogens (tertiary/aromatic N) is 1. The molecule has 3 rings (SSSR count). The van der Waals surface area contributed by atoms with E-state index in [0.717, 1.165) is 50.9 Å². The number of hydrogen-bond acceptors (Lipinski definition) is 3. The first kappa shape index (κ1) is 17.8. The summed E-state index contributed by atoms with van der Waals surface area (Å²) in [5, 5.41) is 2.87. The van der Waals surface area contributed by atoms with Crippen molar-refractivity contribution >= 4 is 6.03 Å². The van der Waals surface area contributed by atoms with Crippen LogP contribution in [0.5, 0.6) is 0 Å². The summed E-state index contributed by atoms with van der Waals surface area (Å²) in [5.74, 6) is 6.02. The number of ether oxygens (including phenoxy) is 2. The van der Waals surface area contributed by atoms with E-state index in [9.17, 15) is 4.79 Å². The molecular formula is C20H26N2O3. The topological polar surface area (TPSA) is 50.8 Å². The van der Waals surface area contributed by atoms with E-state index in [1.807, 2.05) is 35.2 Å². The lowest BCUT2D eigenvalue weighted by Gasteiger charge is -2.32. The molecule has 0 aliphatic carbocycles. The van der Waals surface area contributed by atoms with Gasteiger partial charge in [-0.3, -0.25) is 0 Å². The van der Waals surface area contributed by atoms with Crippen LogP contribution in [0.1, 0.15) is 31.2 Å². The molecule has 2 fully saturated rings. The lowest BCUT2D eigenvalue weighted by atomic mass is 10.1. The van der Waals surface area contributed by atoms with Crippen molar-refractivity contribution in [1.29, 1.82) is 0 Å². The van der Waals surface area contributed by atoms with Crippen molar-refractivity contribution in [1.82, 2.24) is 10.2 Å². The molecule has 2 amide bonds. The number of rotatable bonds is 4. The smallest absolute Gasteiger partial charge is 0.318 e. The van der Waals surface area contributed by atoms with E-state index >= 15 is 0 Å². The highest BCUT2D eigenvalue weighted by molar-refractivity contribution is 5.74. The molecule has 1 aromatic carbocycles. The van der Waals surface area contributed by atoms with Crippen LogP contribution in [0.15, 0.2) is 30.3 Å². The Kier molecular flexibility index (Phi) is 6.72. The summed E-state index contributed by atoms with van der Waals surface area (Å²) < 4.78 is 11.5. The van der Waals surface area contributed by atoms with Crippen molar-refractivity contribution in [2.45, 2.75) is 37.9 Å². The first-order valence-corrected chi connectivity index (χ1v) is 9.11. The number of urea groups is 1. The van der Waals surface area contributed by atoms with Crippen molar-refractivity contribution in [2.24, 2.45) is 0 Å². The third kappa shape index (κ3) is 5.77. The minimum absolute atomic E-state index is 0.0417. The quantitative estimate of drug-likeness (QED) is 0.855. The van der Waals surface area contributed by atoms with E-state index < -0.39 is 0 Å². The Morgan fingerprint density at radius 1 is 1.24 bits per heavy atom. The molecule has 25 heavy (non-hydrogen) atoms. The number of carbonyl (C=O) groups is 1. The van der Waals surface area contributed by atoms with Crippen LogP contribution in [0.25, 0.3) is 0 Å². The molecule has 0 radical (unpaired) electrons. The van der Waals surface area contributed by atoms with Gasteiger partial charge in [-0.1, -0.05) is 30.0 Å². The van der Waals surface area contributed by atoms with Crippen LogP contribution in [0.4, 0.5) is 4.79 Å². The Morgan fingerprint density at radius 3 is 2.76 bits per heavy atom. The van der Waals surface area contributed by atoms with E-state index in [-0.39, 0.29) is 18.2 Å². The van der Waals surface area contributed by atoms with Crippen molar-refractivity contribution in [3.63, 3.8) is 0 Å². The van der Waals surface area contributed by atoms with Gasteiger partial charge < -0.3 is 19.7 Å². The minimum Gasteiger partial charge on any atom is -0.376 e. The van der Waals surface area contributed by atoms with Gasteiger partial charge in [0.05, 0.1) is 25.4 Å². The first-order valence-electron chi connectivity index (χ1n) is 9.11. The molecule has 2 saturated heterocycles. The number of nitrogens with one attached hydrogen (secondary N) is 1. The van der Waals surface area contributed by atoms with Crippen LogP contribution in [0, 0.1) is 11.8 Å². The molecule has 5 heteroatoms. The standard InChI is InChI=1S/C20H26N2O3/c23-20(21-12-4-8-17-6-2-1-3-7-17)22-13-10-18(11-14-22)25-16-19-9-5-15-24-19/h1-3,6-7,18-19H,5,9-16H2,(H,21,23)/t19-/m1/s1. The van der Waals surface area contributed by atoms with Crippen LogP contribution in [0.3, 0.4) is 0 Å². The second-order valence-corrected chi connectivity index (χ2v) is 6.48. The summed E-state index contributed by atoms with van der Waals surface area (Å²) in [6.45, 7) is 3.37. The summed E-state index contributed by atoms with van der Waals surface area (Å²) in [5.41, 5.74) is 0.959. The molecule has 1 atom stereocenters. The second kappa shape index (κ2) is 9.45. The van der Waals surface area contributed by atoms with Gasteiger partial charge in [0.15, 0.2) is 0 Å². The molecule has 0 saturated carbocycles. The zero-order valence-corrected chi connectivity index (χ0v) is 14.6. The number of likely N-dealkylation sites (tertiary alicyclic amines) is 1. The average molecular weight is 342 g/mol.